The van der Waals surface area contributed by atoms with Gasteiger partial charge in [-0.15, -0.1) is 28.1 Å². The third-order valence-corrected chi connectivity index (χ3v) is 6.36. The number of anilines is 1. The molecule has 0 spiro atoms. The van der Waals surface area contributed by atoms with Crippen LogP contribution in [0.2, 0.25) is 0 Å². The molecule has 0 fully saturated rings. The highest BCUT2D eigenvalue weighted by molar-refractivity contribution is 7.99. The van der Waals surface area contributed by atoms with Crippen molar-refractivity contribution in [1.29, 1.82) is 0 Å². The van der Waals surface area contributed by atoms with Crippen LogP contribution in [0.3, 0.4) is 0 Å². The number of nitrogens with zero attached hydrogens (tertiary/aromatic N) is 3. The highest BCUT2D eigenvalue weighted by Crippen LogP contribution is 2.29. The summed E-state index contributed by atoms with van der Waals surface area (Å²) in [4.78, 5) is 25.6. The van der Waals surface area contributed by atoms with E-state index in [1.807, 2.05) is 42.7 Å². The van der Waals surface area contributed by atoms with E-state index in [1.165, 1.54) is 23.1 Å². The molecule has 0 radical (unpaired) electrons. The Bertz CT molecular complexity index is 1120. The van der Waals surface area contributed by atoms with Crippen molar-refractivity contribution in [1.82, 2.24) is 14.8 Å². The van der Waals surface area contributed by atoms with Crippen molar-refractivity contribution in [2.24, 2.45) is 0 Å². The van der Waals surface area contributed by atoms with Crippen LogP contribution >= 0.6 is 23.1 Å². The Kier molecular flexibility index (Phi) is 8.67. The molecule has 0 unspecified atom stereocenters. The normalized spacial score (nSPS) is 10.6. The van der Waals surface area contributed by atoms with E-state index in [0.29, 0.717) is 28.1 Å². The van der Waals surface area contributed by atoms with Gasteiger partial charge in [-0.3, -0.25) is 9.36 Å². The zero-order valence-electron chi connectivity index (χ0n) is 18.8. The highest BCUT2D eigenvalue weighted by atomic mass is 32.2. The first kappa shape index (κ1) is 24.5. The molecule has 8 nitrogen and oxygen atoms in total. The number of hydrogen-bond donors (Lipinski definition) is 1. The van der Waals surface area contributed by atoms with Crippen LogP contribution in [0.4, 0.5) is 5.00 Å². The van der Waals surface area contributed by atoms with Crippen molar-refractivity contribution < 1.29 is 19.1 Å². The third kappa shape index (κ3) is 6.69. The molecular weight excluding hydrogens is 460 g/mol. The van der Waals surface area contributed by atoms with E-state index >= 15 is 0 Å². The SMILES string of the molecule is C=CCn1c(COc2ccc(C)cc2)nnc1SCC(=O)Nc1sc(C)cc1C(=O)OCC. The van der Waals surface area contributed by atoms with E-state index in [0.717, 1.165) is 16.2 Å². The van der Waals surface area contributed by atoms with Gasteiger partial charge < -0.3 is 14.8 Å². The zero-order valence-corrected chi connectivity index (χ0v) is 20.4. The molecule has 174 valence electrons. The van der Waals surface area contributed by atoms with E-state index in [2.05, 4.69) is 22.1 Å². The zero-order chi connectivity index (χ0) is 23.8. The Morgan fingerprint density at radius 3 is 2.70 bits per heavy atom. The molecule has 1 aromatic carbocycles. The minimum Gasteiger partial charge on any atom is -0.486 e. The van der Waals surface area contributed by atoms with Gasteiger partial charge in [-0.05, 0) is 39.0 Å². The molecule has 0 aliphatic heterocycles. The minimum absolute atomic E-state index is 0.104. The lowest BCUT2D eigenvalue weighted by Gasteiger charge is -2.09. The summed E-state index contributed by atoms with van der Waals surface area (Å²) in [5.41, 5.74) is 1.52. The molecule has 0 aliphatic carbocycles. The van der Waals surface area contributed by atoms with Crippen LogP contribution in [-0.2, 0) is 22.7 Å². The molecule has 0 aliphatic rings. The molecule has 3 rings (SSSR count). The summed E-state index contributed by atoms with van der Waals surface area (Å²) in [7, 11) is 0. The van der Waals surface area contributed by atoms with Crippen LogP contribution in [0.25, 0.3) is 0 Å². The lowest BCUT2D eigenvalue weighted by atomic mass is 10.2. The average Bonchev–Trinajstić information content (AvgIpc) is 3.35. The fraction of sp³-hybridized carbons (Fsp3) is 0.304. The molecule has 0 saturated heterocycles. The van der Waals surface area contributed by atoms with E-state index in [4.69, 9.17) is 9.47 Å². The Morgan fingerprint density at radius 2 is 2.00 bits per heavy atom. The average molecular weight is 487 g/mol. The second kappa shape index (κ2) is 11.7. The fourth-order valence-electron chi connectivity index (χ4n) is 2.89. The Morgan fingerprint density at radius 1 is 1.24 bits per heavy atom. The maximum atomic E-state index is 12.6. The number of aromatic nitrogens is 3. The monoisotopic (exact) mass is 486 g/mol. The van der Waals surface area contributed by atoms with Gasteiger partial charge in [-0.2, -0.15) is 0 Å². The summed E-state index contributed by atoms with van der Waals surface area (Å²) in [6, 6.07) is 9.48. The maximum absolute atomic E-state index is 12.6. The number of nitrogens with one attached hydrogen (secondary N) is 1. The standard InChI is InChI=1S/C23H26N4O4S2/c1-5-11-27-19(13-31-17-9-7-15(3)8-10-17)25-26-23(27)32-14-20(28)24-21-18(12-16(4)33-21)22(29)30-6-2/h5,7-10,12H,1,6,11,13-14H2,2-4H3,(H,24,28). The van der Waals surface area contributed by atoms with Crippen LogP contribution in [0, 0.1) is 13.8 Å². The first-order valence-electron chi connectivity index (χ1n) is 10.3. The second-order valence-corrected chi connectivity index (χ2v) is 9.26. The largest absolute Gasteiger partial charge is 0.486 e. The molecule has 0 atom stereocenters. The van der Waals surface area contributed by atoms with Gasteiger partial charge in [-0.25, -0.2) is 4.79 Å². The number of benzene rings is 1. The van der Waals surface area contributed by atoms with Crippen molar-refractivity contribution in [3.05, 3.63) is 64.8 Å². The molecule has 0 bridgehead atoms. The number of allylic oxidation sites excluding steroid dienone is 1. The lowest BCUT2D eigenvalue weighted by Crippen LogP contribution is -2.16. The van der Waals surface area contributed by atoms with Crippen LogP contribution in [0.15, 0.2) is 48.1 Å². The van der Waals surface area contributed by atoms with Gasteiger partial charge in [0.15, 0.2) is 11.0 Å². The summed E-state index contributed by atoms with van der Waals surface area (Å²) in [6.45, 7) is 10.4. The van der Waals surface area contributed by atoms with E-state index in [1.54, 1.807) is 19.1 Å². The van der Waals surface area contributed by atoms with E-state index in [9.17, 15) is 9.59 Å². The maximum Gasteiger partial charge on any atom is 0.341 e. The van der Waals surface area contributed by atoms with Crippen molar-refractivity contribution in [3.63, 3.8) is 0 Å². The molecule has 33 heavy (non-hydrogen) atoms. The van der Waals surface area contributed by atoms with Crippen molar-refractivity contribution in [2.75, 3.05) is 17.7 Å². The number of aryl methyl sites for hydroxylation is 2. The number of thioether (sulfide) groups is 1. The third-order valence-electron chi connectivity index (χ3n) is 4.43. The molecule has 0 saturated carbocycles. The number of carbonyl (C=O) groups is 2. The topological polar surface area (TPSA) is 95.3 Å². The van der Waals surface area contributed by atoms with Crippen LogP contribution in [0.1, 0.15) is 33.5 Å². The molecule has 2 heterocycles. The van der Waals surface area contributed by atoms with Gasteiger partial charge in [0.2, 0.25) is 5.91 Å². The molecule has 3 aromatic rings. The number of carbonyl (C=O) groups excluding carboxylic acids is 2. The quantitative estimate of drug-likeness (QED) is 0.240. The van der Waals surface area contributed by atoms with Crippen LogP contribution < -0.4 is 10.1 Å². The minimum atomic E-state index is -0.450. The van der Waals surface area contributed by atoms with Gasteiger partial charge in [0.1, 0.15) is 17.4 Å². The molecular formula is C23H26N4O4S2. The smallest absolute Gasteiger partial charge is 0.341 e. The summed E-state index contributed by atoms with van der Waals surface area (Å²) in [6.07, 6.45) is 1.74. The van der Waals surface area contributed by atoms with Crippen LogP contribution in [0.5, 0.6) is 5.75 Å². The van der Waals surface area contributed by atoms with E-state index in [-0.39, 0.29) is 24.9 Å². The van der Waals surface area contributed by atoms with Gasteiger partial charge in [0.05, 0.1) is 17.9 Å². The first-order chi connectivity index (χ1) is 15.9. The number of amides is 1. The molecule has 10 heteroatoms. The fourth-order valence-corrected chi connectivity index (χ4v) is 4.57. The van der Waals surface area contributed by atoms with Gasteiger partial charge in [-0.1, -0.05) is 35.5 Å². The summed E-state index contributed by atoms with van der Waals surface area (Å²) in [5.74, 6) is 0.780. The van der Waals surface area contributed by atoms with Gasteiger partial charge in [0.25, 0.3) is 0 Å². The summed E-state index contributed by atoms with van der Waals surface area (Å²) < 4.78 is 12.7. The van der Waals surface area contributed by atoms with Crippen molar-refractivity contribution >= 4 is 40.0 Å². The summed E-state index contributed by atoms with van der Waals surface area (Å²) >= 11 is 2.59. The number of esters is 1. The Balaban J connectivity index is 1.62. The second-order valence-electron chi connectivity index (χ2n) is 7.06. The van der Waals surface area contributed by atoms with Crippen molar-refractivity contribution in [3.8, 4) is 5.75 Å². The van der Waals surface area contributed by atoms with Crippen molar-refractivity contribution in [2.45, 2.75) is 39.1 Å². The summed E-state index contributed by atoms with van der Waals surface area (Å²) in [5, 5.41) is 12.3. The predicted molar refractivity (Wildman–Crippen MR) is 130 cm³/mol. The molecule has 1 N–H and O–H groups in total. The van der Waals surface area contributed by atoms with Crippen LogP contribution in [-0.4, -0.2) is 39.0 Å². The Labute approximate surface area is 201 Å². The van der Waals surface area contributed by atoms with E-state index < -0.39 is 5.97 Å². The lowest BCUT2D eigenvalue weighted by molar-refractivity contribution is -0.113. The highest BCUT2D eigenvalue weighted by Gasteiger charge is 2.19. The number of thiophene rings is 1. The first-order valence-corrected chi connectivity index (χ1v) is 12.1. The molecule has 1 amide bonds. The number of rotatable bonds is 11. The Hall–Kier alpha value is -3.11. The van der Waals surface area contributed by atoms with Gasteiger partial charge >= 0.3 is 5.97 Å². The number of hydrogen-bond acceptors (Lipinski definition) is 8. The molecule has 2 aromatic heterocycles. The predicted octanol–water partition coefficient (Wildman–Crippen LogP) is 4.63. The van der Waals surface area contributed by atoms with Gasteiger partial charge in [0, 0.05) is 11.4 Å². The number of ether oxygens (including phenoxy) is 2.